The first-order valence-corrected chi connectivity index (χ1v) is 9.35. The first-order valence-electron chi connectivity index (χ1n) is 8.37. The van der Waals surface area contributed by atoms with E-state index in [1.807, 2.05) is 23.7 Å². The predicted octanol–water partition coefficient (Wildman–Crippen LogP) is 2.66. The predicted molar refractivity (Wildman–Crippen MR) is 94.5 cm³/mol. The van der Waals surface area contributed by atoms with Gasteiger partial charge in [-0.05, 0) is 30.9 Å². The highest BCUT2D eigenvalue weighted by atomic mass is 32.2. The van der Waals surface area contributed by atoms with E-state index in [2.05, 4.69) is 27.4 Å². The zero-order valence-corrected chi connectivity index (χ0v) is 14.9. The average Bonchev–Trinajstić information content (AvgIpc) is 2.97. The fourth-order valence-electron chi connectivity index (χ4n) is 3.10. The van der Waals surface area contributed by atoms with Gasteiger partial charge >= 0.3 is 0 Å². The molecule has 1 aliphatic rings. The van der Waals surface area contributed by atoms with Crippen molar-refractivity contribution in [1.82, 2.24) is 25.1 Å². The van der Waals surface area contributed by atoms with Gasteiger partial charge in [0.2, 0.25) is 5.91 Å². The highest BCUT2D eigenvalue weighted by Gasteiger charge is 2.23. The van der Waals surface area contributed by atoms with Gasteiger partial charge in [-0.25, -0.2) is 0 Å². The molecule has 0 spiro atoms. The van der Waals surface area contributed by atoms with Gasteiger partial charge in [-0.15, -0.1) is 10.2 Å². The van der Waals surface area contributed by atoms with Crippen molar-refractivity contribution in [3.63, 3.8) is 0 Å². The molecule has 1 aliphatic carbocycles. The zero-order chi connectivity index (χ0) is 16.9. The summed E-state index contributed by atoms with van der Waals surface area (Å²) < 4.78 is 1.90. The summed E-state index contributed by atoms with van der Waals surface area (Å²) in [5.74, 6) is 1.76. The molecular formula is C17H23N5OS. The SMILES string of the molecule is C[C@@H]1CCCC[C@@H]1NC(=O)CSc1nnc(-c2cccnc2)n1C. The number of carbonyl (C=O) groups is 1. The third-order valence-electron chi connectivity index (χ3n) is 4.54. The summed E-state index contributed by atoms with van der Waals surface area (Å²) in [5.41, 5.74) is 0.917. The monoisotopic (exact) mass is 345 g/mol. The molecule has 1 fully saturated rings. The second-order valence-corrected chi connectivity index (χ2v) is 7.27. The molecule has 3 rings (SSSR count). The van der Waals surface area contributed by atoms with E-state index in [0.29, 0.717) is 17.7 Å². The van der Waals surface area contributed by atoms with Crippen molar-refractivity contribution in [2.45, 2.75) is 43.8 Å². The van der Waals surface area contributed by atoms with Gasteiger partial charge in [0.1, 0.15) is 0 Å². The van der Waals surface area contributed by atoms with E-state index in [9.17, 15) is 4.79 Å². The van der Waals surface area contributed by atoms with Gasteiger partial charge in [0.25, 0.3) is 0 Å². The summed E-state index contributed by atoms with van der Waals surface area (Å²) in [4.78, 5) is 16.3. The van der Waals surface area contributed by atoms with Gasteiger partial charge in [0.05, 0.1) is 5.75 Å². The van der Waals surface area contributed by atoms with Crippen LogP contribution >= 0.6 is 11.8 Å². The molecule has 0 radical (unpaired) electrons. The van der Waals surface area contributed by atoms with Crippen LogP contribution in [0.5, 0.6) is 0 Å². The Kier molecular flexibility index (Phi) is 5.50. The maximum atomic E-state index is 12.2. The molecule has 2 aromatic rings. The van der Waals surface area contributed by atoms with Crippen LogP contribution in [-0.4, -0.2) is 37.5 Å². The van der Waals surface area contributed by atoms with E-state index in [0.717, 1.165) is 23.0 Å². The van der Waals surface area contributed by atoms with E-state index >= 15 is 0 Å². The van der Waals surface area contributed by atoms with Crippen LogP contribution in [0.3, 0.4) is 0 Å². The molecule has 2 aromatic heterocycles. The van der Waals surface area contributed by atoms with Crippen LogP contribution in [-0.2, 0) is 11.8 Å². The average molecular weight is 345 g/mol. The van der Waals surface area contributed by atoms with Gasteiger partial charge in [0, 0.05) is 31.0 Å². The van der Waals surface area contributed by atoms with Crippen molar-refractivity contribution in [2.24, 2.45) is 13.0 Å². The molecule has 0 saturated heterocycles. The van der Waals surface area contributed by atoms with E-state index in [4.69, 9.17) is 0 Å². The first-order chi connectivity index (χ1) is 11.6. The molecule has 2 atom stereocenters. The lowest BCUT2D eigenvalue weighted by molar-refractivity contribution is -0.119. The molecule has 1 saturated carbocycles. The highest BCUT2D eigenvalue weighted by molar-refractivity contribution is 7.99. The van der Waals surface area contributed by atoms with E-state index < -0.39 is 0 Å². The topological polar surface area (TPSA) is 72.7 Å². The van der Waals surface area contributed by atoms with E-state index in [-0.39, 0.29) is 5.91 Å². The Balaban J connectivity index is 1.57. The third kappa shape index (κ3) is 3.95. The maximum Gasteiger partial charge on any atom is 0.230 e. The van der Waals surface area contributed by atoms with Gasteiger partial charge in [-0.1, -0.05) is 31.5 Å². The second-order valence-electron chi connectivity index (χ2n) is 6.33. The number of hydrogen-bond donors (Lipinski definition) is 1. The van der Waals surface area contributed by atoms with Crippen molar-refractivity contribution >= 4 is 17.7 Å². The van der Waals surface area contributed by atoms with Gasteiger partial charge in [0.15, 0.2) is 11.0 Å². The Morgan fingerprint density at radius 2 is 2.21 bits per heavy atom. The number of amides is 1. The molecule has 0 aliphatic heterocycles. The summed E-state index contributed by atoms with van der Waals surface area (Å²) in [6.07, 6.45) is 8.27. The minimum absolute atomic E-state index is 0.0738. The minimum Gasteiger partial charge on any atom is -0.352 e. The van der Waals surface area contributed by atoms with Crippen molar-refractivity contribution in [3.8, 4) is 11.4 Å². The summed E-state index contributed by atoms with van der Waals surface area (Å²) >= 11 is 1.42. The number of nitrogens with one attached hydrogen (secondary N) is 1. The Labute approximate surface area is 146 Å². The van der Waals surface area contributed by atoms with Crippen LogP contribution in [0, 0.1) is 5.92 Å². The van der Waals surface area contributed by atoms with Gasteiger partial charge in [-0.3, -0.25) is 9.78 Å². The number of hydrogen-bond acceptors (Lipinski definition) is 5. The molecule has 1 N–H and O–H groups in total. The number of aromatic nitrogens is 4. The molecule has 2 heterocycles. The standard InChI is InChI=1S/C17H23N5OS/c1-12-6-3-4-8-14(12)19-15(23)11-24-17-21-20-16(22(17)2)13-7-5-9-18-10-13/h5,7,9-10,12,14H,3-4,6,8,11H2,1-2H3,(H,19,23)/t12-,14+/m1/s1. The Bertz CT molecular complexity index is 688. The van der Waals surface area contributed by atoms with Crippen LogP contribution in [0.4, 0.5) is 0 Å². The fourth-order valence-corrected chi connectivity index (χ4v) is 3.82. The largest absolute Gasteiger partial charge is 0.352 e. The maximum absolute atomic E-state index is 12.2. The third-order valence-corrected chi connectivity index (χ3v) is 5.57. The molecule has 0 unspecified atom stereocenters. The van der Waals surface area contributed by atoms with E-state index in [1.54, 1.807) is 12.4 Å². The van der Waals surface area contributed by atoms with Crippen LogP contribution in [0.1, 0.15) is 32.6 Å². The van der Waals surface area contributed by atoms with Crippen molar-refractivity contribution in [3.05, 3.63) is 24.5 Å². The smallest absolute Gasteiger partial charge is 0.230 e. The van der Waals surface area contributed by atoms with Crippen LogP contribution < -0.4 is 5.32 Å². The number of carbonyl (C=O) groups excluding carboxylic acids is 1. The lowest BCUT2D eigenvalue weighted by Crippen LogP contribution is -2.41. The number of thioether (sulfide) groups is 1. The molecule has 7 heteroatoms. The Morgan fingerprint density at radius 1 is 1.38 bits per heavy atom. The summed E-state index contributed by atoms with van der Waals surface area (Å²) in [5, 5.41) is 12.3. The number of pyridine rings is 1. The summed E-state index contributed by atoms with van der Waals surface area (Å²) in [7, 11) is 1.91. The van der Waals surface area contributed by atoms with Crippen molar-refractivity contribution in [2.75, 3.05) is 5.75 Å². The van der Waals surface area contributed by atoms with Crippen molar-refractivity contribution in [1.29, 1.82) is 0 Å². The number of nitrogens with zero attached hydrogens (tertiary/aromatic N) is 4. The first kappa shape index (κ1) is 17.0. The van der Waals surface area contributed by atoms with Gasteiger partial charge < -0.3 is 9.88 Å². The minimum atomic E-state index is 0.0738. The molecular weight excluding hydrogens is 322 g/mol. The highest BCUT2D eigenvalue weighted by Crippen LogP contribution is 2.25. The lowest BCUT2D eigenvalue weighted by atomic mass is 9.86. The molecule has 128 valence electrons. The summed E-state index contributed by atoms with van der Waals surface area (Å²) in [6.45, 7) is 2.22. The molecule has 1 amide bonds. The van der Waals surface area contributed by atoms with Crippen LogP contribution in [0.2, 0.25) is 0 Å². The fraction of sp³-hybridized carbons (Fsp3) is 0.529. The number of rotatable bonds is 5. The molecule has 24 heavy (non-hydrogen) atoms. The second kappa shape index (κ2) is 7.79. The molecule has 0 aromatic carbocycles. The zero-order valence-electron chi connectivity index (χ0n) is 14.1. The Hall–Kier alpha value is -1.89. The Morgan fingerprint density at radius 3 is 2.96 bits per heavy atom. The van der Waals surface area contributed by atoms with Crippen molar-refractivity contribution < 1.29 is 4.79 Å². The summed E-state index contributed by atoms with van der Waals surface area (Å²) in [6, 6.07) is 4.13. The molecule has 6 nitrogen and oxygen atoms in total. The van der Waals surface area contributed by atoms with Crippen LogP contribution in [0.15, 0.2) is 29.7 Å². The van der Waals surface area contributed by atoms with Gasteiger partial charge in [-0.2, -0.15) is 0 Å². The lowest BCUT2D eigenvalue weighted by Gasteiger charge is -2.29. The molecule has 0 bridgehead atoms. The van der Waals surface area contributed by atoms with E-state index in [1.165, 1.54) is 31.0 Å². The quantitative estimate of drug-likeness (QED) is 0.844. The van der Waals surface area contributed by atoms with Crippen LogP contribution in [0.25, 0.3) is 11.4 Å². The normalized spacial score (nSPS) is 20.8.